The van der Waals surface area contributed by atoms with E-state index < -0.39 is 0 Å². The SMILES string of the molecule is CCOC(=O)C1CCC(NC(=NC)NCC2CCCN2Cc2ccccc2)CC1. The number of hydrogen-bond acceptors (Lipinski definition) is 4. The molecule has 1 atom stereocenters. The summed E-state index contributed by atoms with van der Waals surface area (Å²) in [6.07, 6.45) is 6.22. The summed E-state index contributed by atoms with van der Waals surface area (Å²) < 4.78 is 5.17. The Kier molecular flexibility index (Phi) is 8.35. The fourth-order valence-corrected chi connectivity index (χ4v) is 4.49. The molecule has 0 radical (unpaired) electrons. The second-order valence-electron chi connectivity index (χ2n) is 8.15. The fourth-order valence-electron chi connectivity index (χ4n) is 4.49. The number of carbonyl (C=O) groups excluding carboxylic acids is 1. The minimum atomic E-state index is -0.0341. The topological polar surface area (TPSA) is 66.0 Å². The minimum absolute atomic E-state index is 0.0341. The summed E-state index contributed by atoms with van der Waals surface area (Å²) >= 11 is 0. The molecule has 6 heteroatoms. The number of aliphatic imine (C=N–C) groups is 1. The van der Waals surface area contributed by atoms with Crippen LogP contribution in [0.5, 0.6) is 0 Å². The zero-order chi connectivity index (χ0) is 20.5. The number of carbonyl (C=O) groups is 1. The molecule has 1 saturated carbocycles. The highest BCUT2D eigenvalue weighted by Gasteiger charge is 2.28. The highest BCUT2D eigenvalue weighted by molar-refractivity contribution is 5.80. The van der Waals surface area contributed by atoms with E-state index in [0.29, 0.717) is 18.7 Å². The molecule has 2 aliphatic rings. The predicted molar refractivity (Wildman–Crippen MR) is 117 cm³/mol. The van der Waals surface area contributed by atoms with E-state index >= 15 is 0 Å². The summed E-state index contributed by atoms with van der Waals surface area (Å²) in [7, 11) is 1.83. The van der Waals surface area contributed by atoms with Crippen LogP contribution in [0.2, 0.25) is 0 Å². The first kappa shape index (κ1) is 21.6. The number of ether oxygens (including phenoxy) is 1. The summed E-state index contributed by atoms with van der Waals surface area (Å²) in [5.74, 6) is 0.900. The Labute approximate surface area is 175 Å². The van der Waals surface area contributed by atoms with Gasteiger partial charge in [0.1, 0.15) is 0 Å². The number of guanidine groups is 1. The molecule has 0 spiro atoms. The van der Waals surface area contributed by atoms with Gasteiger partial charge in [-0.05, 0) is 57.6 Å². The molecule has 1 aliphatic heterocycles. The summed E-state index contributed by atoms with van der Waals surface area (Å²) in [5, 5.41) is 7.09. The number of benzene rings is 1. The molecule has 0 bridgehead atoms. The molecule has 2 fully saturated rings. The first-order chi connectivity index (χ1) is 14.2. The lowest BCUT2D eigenvalue weighted by atomic mass is 9.86. The molecule has 0 amide bonds. The van der Waals surface area contributed by atoms with Crippen molar-refractivity contribution < 1.29 is 9.53 Å². The van der Waals surface area contributed by atoms with Crippen LogP contribution in [0.25, 0.3) is 0 Å². The van der Waals surface area contributed by atoms with Gasteiger partial charge >= 0.3 is 5.97 Å². The van der Waals surface area contributed by atoms with Crippen molar-refractivity contribution in [2.45, 2.75) is 64.1 Å². The lowest BCUT2D eigenvalue weighted by molar-refractivity contribution is -0.149. The highest BCUT2D eigenvalue weighted by atomic mass is 16.5. The largest absolute Gasteiger partial charge is 0.466 e. The predicted octanol–water partition coefficient (Wildman–Crippen LogP) is 2.94. The van der Waals surface area contributed by atoms with Crippen LogP contribution in [0.4, 0.5) is 0 Å². The van der Waals surface area contributed by atoms with Gasteiger partial charge in [-0.2, -0.15) is 0 Å². The number of rotatable bonds is 7. The smallest absolute Gasteiger partial charge is 0.308 e. The Balaban J connectivity index is 1.42. The van der Waals surface area contributed by atoms with Gasteiger partial charge in [-0.15, -0.1) is 0 Å². The van der Waals surface area contributed by atoms with Crippen molar-refractivity contribution in [3.8, 4) is 0 Å². The van der Waals surface area contributed by atoms with Crippen LogP contribution in [-0.2, 0) is 16.1 Å². The number of likely N-dealkylation sites (tertiary alicyclic amines) is 1. The number of esters is 1. The van der Waals surface area contributed by atoms with E-state index in [4.69, 9.17) is 4.74 Å². The van der Waals surface area contributed by atoms with Crippen molar-refractivity contribution in [3.05, 3.63) is 35.9 Å². The average Bonchev–Trinajstić information content (AvgIpc) is 3.19. The summed E-state index contributed by atoms with van der Waals surface area (Å²) in [5.41, 5.74) is 1.38. The Morgan fingerprint density at radius 2 is 1.93 bits per heavy atom. The summed E-state index contributed by atoms with van der Waals surface area (Å²) in [6, 6.07) is 11.6. The van der Waals surface area contributed by atoms with E-state index in [0.717, 1.165) is 51.3 Å². The molecule has 1 aliphatic carbocycles. The molecular weight excluding hydrogens is 364 g/mol. The Morgan fingerprint density at radius 3 is 2.62 bits per heavy atom. The second kappa shape index (κ2) is 11.2. The zero-order valence-electron chi connectivity index (χ0n) is 17.9. The number of nitrogens with zero attached hydrogens (tertiary/aromatic N) is 2. The van der Waals surface area contributed by atoms with Gasteiger partial charge in [0, 0.05) is 32.2 Å². The average molecular weight is 401 g/mol. The van der Waals surface area contributed by atoms with Gasteiger partial charge in [-0.25, -0.2) is 0 Å². The quantitative estimate of drug-likeness (QED) is 0.419. The normalized spacial score (nSPS) is 25.6. The van der Waals surface area contributed by atoms with Gasteiger partial charge in [-0.1, -0.05) is 30.3 Å². The van der Waals surface area contributed by atoms with Crippen LogP contribution in [0.15, 0.2) is 35.3 Å². The second-order valence-corrected chi connectivity index (χ2v) is 8.15. The molecular formula is C23H36N4O2. The highest BCUT2D eigenvalue weighted by Crippen LogP contribution is 2.25. The molecule has 1 heterocycles. The van der Waals surface area contributed by atoms with Gasteiger partial charge in [0.05, 0.1) is 12.5 Å². The lowest BCUT2D eigenvalue weighted by Crippen LogP contribution is -2.48. The van der Waals surface area contributed by atoms with Gasteiger partial charge in [0.15, 0.2) is 5.96 Å². The molecule has 160 valence electrons. The van der Waals surface area contributed by atoms with Crippen molar-refractivity contribution in [1.29, 1.82) is 0 Å². The summed E-state index contributed by atoms with van der Waals surface area (Å²) in [6.45, 7) is 5.41. The van der Waals surface area contributed by atoms with E-state index in [2.05, 4.69) is 50.9 Å². The van der Waals surface area contributed by atoms with Gasteiger partial charge < -0.3 is 15.4 Å². The van der Waals surface area contributed by atoms with Crippen LogP contribution >= 0.6 is 0 Å². The monoisotopic (exact) mass is 400 g/mol. The molecule has 6 nitrogen and oxygen atoms in total. The third kappa shape index (κ3) is 6.46. The van der Waals surface area contributed by atoms with Crippen LogP contribution in [0, 0.1) is 5.92 Å². The molecule has 1 saturated heterocycles. The standard InChI is InChI=1S/C23H36N4O2/c1-3-29-22(28)19-11-13-20(14-12-19)26-23(24-2)25-16-21-10-7-15-27(21)17-18-8-5-4-6-9-18/h4-6,8-9,19-21H,3,7,10-17H2,1-2H3,(H2,24,25,26). The van der Waals surface area contributed by atoms with Crippen LogP contribution in [0.3, 0.4) is 0 Å². The molecule has 1 aromatic rings. The van der Waals surface area contributed by atoms with Crippen LogP contribution in [-0.4, -0.2) is 55.7 Å². The molecule has 0 aromatic heterocycles. The molecule has 1 unspecified atom stereocenters. The van der Waals surface area contributed by atoms with E-state index in [1.165, 1.54) is 18.4 Å². The Hall–Kier alpha value is -2.08. The molecule has 29 heavy (non-hydrogen) atoms. The van der Waals surface area contributed by atoms with Gasteiger partial charge in [0.2, 0.25) is 0 Å². The van der Waals surface area contributed by atoms with Crippen molar-refractivity contribution in [3.63, 3.8) is 0 Å². The maximum Gasteiger partial charge on any atom is 0.308 e. The number of nitrogens with one attached hydrogen (secondary N) is 2. The van der Waals surface area contributed by atoms with Crippen molar-refractivity contribution in [2.75, 3.05) is 26.7 Å². The fraction of sp³-hybridized carbons (Fsp3) is 0.652. The van der Waals surface area contributed by atoms with E-state index in [-0.39, 0.29) is 11.9 Å². The summed E-state index contributed by atoms with van der Waals surface area (Å²) in [4.78, 5) is 18.9. The lowest BCUT2D eigenvalue weighted by Gasteiger charge is -2.30. The maximum absolute atomic E-state index is 11.9. The zero-order valence-corrected chi connectivity index (χ0v) is 17.9. The Morgan fingerprint density at radius 1 is 1.17 bits per heavy atom. The van der Waals surface area contributed by atoms with E-state index in [1.807, 2.05) is 14.0 Å². The third-order valence-corrected chi connectivity index (χ3v) is 6.14. The number of hydrogen-bond donors (Lipinski definition) is 2. The first-order valence-electron chi connectivity index (χ1n) is 11.1. The van der Waals surface area contributed by atoms with Crippen molar-refractivity contribution in [1.82, 2.24) is 15.5 Å². The molecule has 2 N–H and O–H groups in total. The van der Waals surface area contributed by atoms with Crippen LogP contribution < -0.4 is 10.6 Å². The minimum Gasteiger partial charge on any atom is -0.466 e. The first-order valence-corrected chi connectivity index (χ1v) is 11.1. The third-order valence-electron chi connectivity index (χ3n) is 6.14. The van der Waals surface area contributed by atoms with E-state index in [1.54, 1.807) is 0 Å². The maximum atomic E-state index is 11.9. The Bertz CT molecular complexity index is 656. The van der Waals surface area contributed by atoms with Crippen molar-refractivity contribution in [2.24, 2.45) is 10.9 Å². The van der Waals surface area contributed by atoms with Gasteiger partial charge in [0.25, 0.3) is 0 Å². The van der Waals surface area contributed by atoms with Gasteiger partial charge in [-0.3, -0.25) is 14.7 Å². The van der Waals surface area contributed by atoms with E-state index in [9.17, 15) is 4.79 Å². The van der Waals surface area contributed by atoms with Crippen LogP contribution in [0.1, 0.15) is 51.0 Å². The molecule has 1 aromatic carbocycles. The van der Waals surface area contributed by atoms with Crippen molar-refractivity contribution >= 4 is 11.9 Å². The molecule has 3 rings (SSSR count).